The number of aliphatic hydroxyl groups is 1. The second kappa shape index (κ2) is 8.89. The molecule has 0 saturated carbocycles. The SMILES string of the molecule is CCC[C@H](O)[C@H](N)c1c(OC)cc(OC)cc1OC.Cl. The van der Waals surface area contributed by atoms with E-state index < -0.39 is 12.1 Å². The van der Waals surface area contributed by atoms with Crippen molar-refractivity contribution in [2.24, 2.45) is 5.73 Å². The third-order valence-electron chi connectivity index (χ3n) is 3.09. The van der Waals surface area contributed by atoms with E-state index in [1.54, 1.807) is 33.5 Å². The molecule has 1 aromatic rings. The van der Waals surface area contributed by atoms with Crippen LogP contribution in [0.5, 0.6) is 17.2 Å². The molecule has 0 amide bonds. The molecule has 0 aliphatic carbocycles. The van der Waals surface area contributed by atoms with E-state index >= 15 is 0 Å². The highest BCUT2D eigenvalue weighted by atomic mass is 35.5. The third kappa shape index (κ3) is 4.16. The van der Waals surface area contributed by atoms with Crippen molar-refractivity contribution in [1.29, 1.82) is 0 Å². The molecular weight excluding hydrogens is 282 g/mol. The summed E-state index contributed by atoms with van der Waals surface area (Å²) in [6.45, 7) is 2.00. The average molecular weight is 306 g/mol. The predicted octanol–water partition coefficient (Wildman–Crippen LogP) is 2.30. The van der Waals surface area contributed by atoms with Crippen LogP contribution in [0.1, 0.15) is 31.4 Å². The number of halogens is 1. The van der Waals surface area contributed by atoms with Gasteiger partial charge in [0.15, 0.2) is 0 Å². The number of benzene rings is 1. The Morgan fingerprint density at radius 2 is 1.60 bits per heavy atom. The number of nitrogens with two attached hydrogens (primary N) is 1. The molecule has 0 spiro atoms. The maximum Gasteiger partial charge on any atom is 0.131 e. The molecule has 0 fully saturated rings. The summed E-state index contributed by atoms with van der Waals surface area (Å²) in [5, 5.41) is 10.1. The number of hydrogen-bond acceptors (Lipinski definition) is 5. The first-order valence-corrected chi connectivity index (χ1v) is 6.32. The summed E-state index contributed by atoms with van der Waals surface area (Å²) in [4.78, 5) is 0. The summed E-state index contributed by atoms with van der Waals surface area (Å²) in [6.07, 6.45) is 0.844. The van der Waals surface area contributed by atoms with Gasteiger partial charge in [-0.2, -0.15) is 0 Å². The zero-order chi connectivity index (χ0) is 14.4. The third-order valence-corrected chi connectivity index (χ3v) is 3.09. The molecule has 0 heterocycles. The van der Waals surface area contributed by atoms with Crippen molar-refractivity contribution in [3.63, 3.8) is 0 Å². The van der Waals surface area contributed by atoms with Gasteiger partial charge in [-0.1, -0.05) is 13.3 Å². The normalized spacial score (nSPS) is 13.1. The standard InChI is InChI=1S/C14H23NO4.ClH/c1-5-6-10(16)14(15)13-11(18-3)7-9(17-2)8-12(13)19-4;/h7-8,10,14,16H,5-6,15H2,1-4H3;1H/t10-,14-;/m0./s1. The fourth-order valence-corrected chi connectivity index (χ4v) is 2.03. The van der Waals surface area contributed by atoms with E-state index in [-0.39, 0.29) is 12.4 Å². The summed E-state index contributed by atoms with van der Waals surface area (Å²) in [5.41, 5.74) is 6.78. The fraction of sp³-hybridized carbons (Fsp3) is 0.571. The number of rotatable bonds is 7. The van der Waals surface area contributed by atoms with Gasteiger partial charge in [0, 0.05) is 12.1 Å². The van der Waals surface area contributed by atoms with Crippen LogP contribution in [0.4, 0.5) is 0 Å². The molecule has 0 aliphatic heterocycles. The average Bonchev–Trinajstić information content (AvgIpc) is 2.44. The molecule has 0 saturated heterocycles. The van der Waals surface area contributed by atoms with E-state index in [0.29, 0.717) is 29.2 Å². The van der Waals surface area contributed by atoms with Crippen LogP contribution in [0.2, 0.25) is 0 Å². The Morgan fingerprint density at radius 3 is 1.95 bits per heavy atom. The molecule has 1 rings (SSSR count). The molecule has 0 bridgehead atoms. The summed E-state index contributed by atoms with van der Waals surface area (Å²) in [7, 11) is 4.67. The number of ether oxygens (including phenoxy) is 3. The smallest absolute Gasteiger partial charge is 0.131 e. The van der Waals surface area contributed by atoms with E-state index in [2.05, 4.69) is 0 Å². The summed E-state index contributed by atoms with van der Waals surface area (Å²) < 4.78 is 15.8. The topological polar surface area (TPSA) is 73.9 Å². The van der Waals surface area contributed by atoms with Gasteiger partial charge in [-0.05, 0) is 6.42 Å². The molecule has 0 aromatic heterocycles. The van der Waals surface area contributed by atoms with Crippen LogP contribution in [0.25, 0.3) is 0 Å². The Bertz CT molecular complexity index is 389. The lowest BCUT2D eigenvalue weighted by molar-refractivity contribution is 0.131. The maximum absolute atomic E-state index is 10.1. The molecule has 2 atom stereocenters. The Labute approximate surface area is 126 Å². The largest absolute Gasteiger partial charge is 0.496 e. The van der Waals surface area contributed by atoms with Crippen molar-refractivity contribution in [1.82, 2.24) is 0 Å². The van der Waals surface area contributed by atoms with Crippen LogP contribution in [-0.2, 0) is 0 Å². The highest BCUT2D eigenvalue weighted by molar-refractivity contribution is 5.85. The van der Waals surface area contributed by atoms with Gasteiger partial charge in [0.05, 0.1) is 39.0 Å². The van der Waals surface area contributed by atoms with E-state index in [9.17, 15) is 5.11 Å². The zero-order valence-electron chi connectivity index (χ0n) is 12.4. The van der Waals surface area contributed by atoms with Gasteiger partial charge in [0.2, 0.25) is 0 Å². The van der Waals surface area contributed by atoms with Crippen molar-refractivity contribution in [2.75, 3.05) is 21.3 Å². The number of aliphatic hydroxyl groups excluding tert-OH is 1. The van der Waals surface area contributed by atoms with Crippen molar-refractivity contribution < 1.29 is 19.3 Å². The van der Waals surface area contributed by atoms with Crippen molar-refractivity contribution in [3.8, 4) is 17.2 Å². The van der Waals surface area contributed by atoms with Gasteiger partial charge in [0.25, 0.3) is 0 Å². The van der Waals surface area contributed by atoms with Gasteiger partial charge >= 0.3 is 0 Å². The molecule has 0 radical (unpaired) electrons. The van der Waals surface area contributed by atoms with E-state index in [1.165, 1.54) is 0 Å². The van der Waals surface area contributed by atoms with Crippen molar-refractivity contribution >= 4 is 12.4 Å². The minimum absolute atomic E-state index is 0. The Kier molecular flexibility index (Phi) is 8.37. The minimum atomic E-state index is -0.638. The predicted molar refractivity (Wildman–Crippen MR) is 81.2 cm³/mol. The Morgan fingerprint density at radius 1 is 1.10 bits per heavy atom. The molecule has 0 aliphatic rings. The van der Waals surface area contributed by atoms with E-state index in [1.807, 2.05) is 6.92 Å². The van der Waals surface area contributed by atoms with Gasteiger partial charge in [-0.15, -0.1) is 12.4 Å². The summed E-state index contributed by atoms with van der Waals surface area (Å²) in [5.74, 6) is 1.73. The summed E-state index contributed by atoms with van der Waals surface area (Å²) >= 11 is 0. The van der Waals surface area contributed by atoms with Gasteiger partial charge in [-0.3, -0.25) is 0 Å². The second-order valence-corrected chi connectivity index (χ2v) is 4.33. The molecule has 5 nitrogen and oxygen atoms in total. The van der Waals surface area contributed by atoms with Crippen molar-refractivity contribution in [2.45, 2.75) is 31.9 Å². The molecule has 1 aromatic carbocycles. The fourth-order valence-electron chi connectivity index (χ4n) is 2.03. The van der Waals surface area contributed by atoms with Gasteiger partial charge in [-0.25, -0.2) is 0 Å². The minimum Gasteiger partial charge on any atom is -0.496 e. The molecular formula is C14H24ClNO4. The van der Waals surface area contributed by atoms with E-state index in [0.717, 1.165) is 6.42 Å². The zero-order valence-corrected chi connectivity index (χ0v) is 13.2. The quantitative estimate of drug-likeness (QED) is 0.808. The molecule has 3 N–H and O–H groups in total. The first-order chi connectivity index (χ1) is 9.08. The first-order valence-electron chi connectivity index (χ1n) is 6.32. The highest BCUT2D eigenvalue weighted by Crippen LogP contribution is 2.38. The highest BCUT2D eigenvalue weighted by Gasteiger charge is 2.24. The van der Waals surface area contributed by atoms with Gasteiger partial charge in [0.1, 0.15) is 17.2 Å². The lowest BCUT2D eigenvalue weighted by Crippen LogP contribution is -2.27. The van der Waals surface area contributed by atoms with Crippen LogP contribution in [0, 0.1) is 0 Å². The first kappa shape index (κ1) is 18.8. The Hall–Kier alpha value is -1.17. The van der Waals surface area contributed by atoms with Gasteiger partial charge < -0.3 is 25.1 Å². The number of methoxy groups -OCH3 is 3. The second-order valence-electron chi connectivity index (χ2n) is 4.33. The molecule has 6 heteroatoms. The van der Waals surface area contributed by atoms with Crippen LogP contribution >= 0.6 is 12.4 Å². The van der Waals surface area contributed by atoms with Crippen LogP contribution in [0.15, 0.2) is 12.1 Å². The van der Waals surface area contributed by atoms with E-state index in [4.69, 9.17) is 19.9 Å². The monoisotopic (exact) mass is 305 g/mol. The lowest BCUT2D eigenvalue weighted by Gasteiger charge is -2.23. The maximum atomic E-state index is 10.1. The van der Waals surface area contributed by atoms with Crippen LogP contribution in [-0.4, -0.2) is 32.5 Å². The lowest BCUT2D eigenvalue weighted by atomic mass is 9.97. The van der Waals surface area contributed by atoms with Crippen LogP contribution in [0.3, 0.4) is 0 Å². The van der Waals surface area contributed by atoms with Crippen LogP contribution < -0.4 is 19.9 Å². The Balaban J connectivity index is 0.00000361. The summed E-state index contributed by atoms with van der Waals surface area (Å²) in [6, 6.07) is 2.91. The number of hydrogen-bond donors (Lipinski definition) is 2. The van der Waals surface area contributed by atoms with Crippen molar-refractivity contribution in [3.05, 3.63) is 17.7 Å². The molecule has 116 valence electrons. The molecule has 0 unspecified atom stereocenters. The molecule has 20 heavy (non-hydrogen) atoms.